The molecule has 0 unspecified atom stereocenters. The summed E-state index contributed by atoms with van der Waals surface area (Å²) in [5.74, 6) is -0.994. The number of pyridine rings is 2. The summed E-state index contributed by atoms with van der Waals surface area (Å²) in [5, 5.41) is 10.9. The molecular formula is C26H31F4N7O2. The summed E-state index contributed by atoms with van der Waals surface area (Å²) in [5.41, 5.74) is 1.84. The highest BCUT2D eigenvalue weighted by atomic mass is 19.4. The Labute approximate surface area is 223 Å². The summed E-state index contributed by atoms with van der Waals surface area (Å²) in [6, 6.07) is 1.11. The second-order valence-electron chi connectivity index (χ2n) is 10.7. The van der Waals surface area contributed by atoms with Gasteiger partial charge >= 0.3 is 12.2 Å². The van der Waals surface area contributed by atoms with Crippen LogP contribution >= 0.6 is 0 Å². The summed E-state index contributed by atoms with van der Waals surface area (Å²) in [6.07, 6.45) is -0.384. The molecule has 2 atom stereocenters. The number of nitrogen functional groups attached to an aromatic ring is 1. The monoisotopic (exact) mass is 549 g/mol. The number of rotatable bonds is 5. The van der Waals surface area contributed by atoms with E-state index in [1.165, 1.54) is 13.1 Å². The lowest BCUT2D eigenvalue weighted by atomic mass is 9.95. The lowest BCUT2D eigenvalue weighted by molar-refractivity contribution is -0.137. The number of likely N-dealkylation sites (N-methyl/N-ethyl adjacent to an activating group) is 1. The van der Waals surface area contributed by atoms with Gasteiger partial charge < -0.3 is 25.4 Å². The summed E-state index contributed by atoms with van der Waals surface area (Å²) in [6.45, 7) is 4.90. The number of likely N-dealkylation sites (tertiary alicyclic amines) is 1. The number of β-amino-alcohol motifs (C(OH)–C–C–N with tert-alkyl or cyclic N) is 1. The van der Waals surface area contributed by atoms with E-state index >= 15 is 4.39 Å². The first-order valence-corrected chi connectivity index (χ1v) is 12.9. The van der Waals surface area contributed by atoms with Crippen LogP contribution in [0.25, 0.3) is 22.3 Å². The lowest BCUT2D eigenvalue weighted by Crippen LogP contribution is -2.46. The number of aryl methyl sites for hydroxylation is 1. The number of nitrogens with two attached hydrogens (primary N) is 1. The summed E-state index contributed by atoms with van der Waals surface area (Å²) < 4.78 is 64.0. The van der Waals surface area contributed by atoms with E-state index in [0.717, 1.165) is 25.5 Å². The van der Waals surface area contributed by atoms with Crippen LogP contribution in [0.3, 0.4) is 0 Å². The molecule has 210 valence electrons. The highest BCUT2D eigenvalue weighted by Crippen LogP contribution is 2.41. The molecule has 0 saturated carbocycles. The molecule has 3 aromatic rings. The Morgan fingerprint density at radius 1 is 1.18 bits per heavy atom. The first-order valence-electron chi connectivity index (χ1n) is 12.9. The largest absolute Gasteiger partial charge is 0.462 e. The van der Waals surface area contributed by atoms with E-state index in [0.29, 0.717) is 25.2 Å². The minimum Gasteiger partial charge on any atom is -0.462 e. The van der Waals surface area contributed by atoms with E-state index in [1.54, 1.807) is 11.8 Å². The topological polar surface area (TPSA) is 114 Å². The number of alkyl halides is 3. The van der Waals surface area contributed by atoms with Gasteiger partial charge in [-0.1, -0.05) is 0 Å². The molecule has 3 aromatic heterocycles. The Morgan fingerprint density at radius 3 is 2.62 bits per heavy atom. The van der Waals surface area contributed by atoms with Crippen LogP contribution < -0.4 is 15.4 Å². The van der Waals surface area contributed by atoms with Crippen molar-refractivity contribution in [1.29, 1.82) is 0 Å². The van der Waals surface area contributed by atoms with Crippen molar-refractivity contribution in [2.75, 3.05) is 43.9 Å². The van der Waals surface area contributed by atoms with Gasteiger partial charge in [0.1, 0.15) is 35.1 Å². The molecule has 2 aliphatic rings. The minimum atomic E-state index is -4.82. The normalized spacial score (nSPS) is 22.6. The molecule has 0 radical (unpaired) electrons. The molecule has 13 heteroatoms. The molecule has 0 aromatic carbocycles. The predicted octanol–water partition coefficient (Wildman–Crippen LogP) is 3.96. The number of hydrogen-bond donors (Lipinski definition) is 2. The summed E-state index contributed by atoms with van der Waals surface area (Å²) in [4.78, 5) is 20.7. The van der Waals surface area contributed by atoms with Crippen LogP contribution in [0.4, 0.5) is 29.2 Å². The number of aromatic nitrogens is 4. The number of fused-ring (bicyclic) bond motifs is 1. The van der Waals surface area contributed by atoms with E-state index in [4.69, 9.17) is 10.5 Å². The van der Waals surface area contributed by atoms with Crippen molar-refractivity contribution < 1.29 is 27.4 Å². The Balaban J connectivity index is 1.66. The van der Waals surface area contributed by atoms with Crippen LogP contribution in [0.5, 0.6) is 6.01 Å². The second kappa shape index (κ2) is 10.0. The third-order valence-electron chi connectivity index (χ3n) is 7.44. The Kier molecular flexibility index (Phi) is 7.00. The lowest BCUT2D eigenvalue weighted by Gasteiger charge is -2.37. The van der Waals surface area contributed by atoms with Crippen molar-refractivity contribution in [1.82, 2.24) is 24.8 Å². The molecule has 5 heterocycles. The number of nitrogens with zero attached hydrogens (tertiary/aromatic N) is 6. The molecule has 39 heavy (non-hydrogen) atoms. The zero-order valence-corrected chi connectivity index (χ0v) is 22.0. The number of piperidine rings is 1. The van der Waals surface area contributed by atoms with Crippen molar-refractivity contribution in [3.63, 3.8) is 0 Å². The molecule has 3 N–H and O–H groups in total. The van der Waals surface area contributed by atoms with Gasteiger partial charge in [0.25, 0.3) is 0 Å². The number of ether oxygens (including phenoxy) is 1. The first kappa shape index (κ1) is 27.3. The van der Waals surface area contributed by atoms with Gasteiger partial charge in [-0.25, -0.2) is 9.37 Å². The zero-order chi connectivity index (χ0) is 28.1. The van der Waals surface area contributed by atoms with E-state index in [-0.39, 0.29) is 47.5 Å². The predicted molar refractivity (Wildman–Crippen MR) is 138 cm³/mol. The van der Waals surface area contributed by atoms with Gasteiger partial charge in [-0.3, -0.25) is 4.98 Å². The van der Waals surface area contributed by atoms with Crippen LogP contribution in [0.15, 0.2) is 12.3 Å². The first-order chi connectivity index (χ1) is 18.3. The van der Waals surface area contributed by atoms with E-state index in [9.17, 15) is 18.3 Å². The maximum Gasteiger partial charge on any atom is 0.418 e. The van der Waals surface area contributed by atoms with Crippen LogP contribution in [-0.2, 0) is 6.18 Å². The third kappa shape index (κ3) is 5.42. The quantitative estimate of drug-likeness (QED) is 0.457. The SMILES string of the molecule is Cc1cc(N)nc(-c2ncc3c(N4CCC[C@@](C)(O)C4)nc(OC[C@@H]4CCCN4C)nc3c2F)c1C(F)(F)F. The Bertz CT molecular complexity index is 1400. The Hall–Kier alpha value is -3.32. The molecule has 5 rings (SSSR count). The smallest absolute Gasteiger partial charge is 0.418 e. The molecule has 9 nitrogen and oxygen atoms in total. The number of halogens is 4. The molecule has 0 spiro atoms. The fourth-order valence-electron chi connectivity index (χ4n) is 5.48. The highest BCUT2D eigenvalue weighted by molar-refractivity contribution is 5.92. The van der Waals surface area contributed by atoms with Crippen LogP contribution in [0, 0.1) is 12.7 Å². The van der Waals surface area contributed by atoms with Gasteiger partial charge in [0.2, 0.25) is 0 Å². The number of hydrogen-bond acceptors (Lipinski definition) is 9. The summed E-state index contributed by atoms with van der Waals surface area (Å²) in [7, 11) is 1.99. The van der Waals surface area contributed by atoms with Crippen LogP contribution in [0.1, 0.15) is 43.7 Å². The van der Waals surface area contributed by atoms with Gasteiger partial charge in [0.05, 0.1) is 16.6 Å². The maximum atomic E-state index is 16.1. The van der Waals surface area contributed by atoms with Gasteiger partial charge in [-0.05, 0) is 64.8 Å². The standard InChI is InChI=1S/C26H31F4N7O2/c1-14-10-17(31)33-21(18(14)26(28,29)30)22-19(27)20-16(11-32-22)23(37-9-5-7-25(2,38)13-37)35-24(34-20)39-12-15-6-4-8-36(15)3/h10-11,15,38H,4-9,12-13H2,1-3H3,(H2,31,33)/t15-,25+/m0/s1. The van der Waals surface area contributed by atoms with Gasteiger partial charge in [0.15, 0.2) is 5.82 Å². The molecule has 0 bridgehead atoms. The molecule has 2 aliphatic heterocycles. The minimum absolute atomic E-state index is 0.105. The van der Waals surface area contributed by atoms with Crippen molar-refractivity contribution in [3.8, 4) is 17.4 Å². The fourth-order valence-corrected chi connectivity index (χ4v) is 5.48. The molecular weight excluding hydrogens is 518 g/mol. The van der Waals surface area contributed by atoms with Gasteiger partial charge in [0, 0.05) is 25.3 Å². The van der Waals surface area contributed by atoms with Crippen molar-refractivity contribution in [2.45, 2.75) is 57.3 Å². The maximum absolute atomic E-state index is 16.1. The highest BCUT2D eigenvalue weighted by Gasteiger charge is 2.38. The van der Waals surface area contributed by atoms with Crippen molar-refractivity contribution in [3.05, 3.63) is 29.2 Å². The van der Waals surface area contributed by atoms with Crippen LogP contribution in [-0.4, -0.2) is 74.9 Å². The Morgan fingerprint density at radius 2 is 1.95 bits per heavy atom. The number of anilines is 2. The van der Waals surface area contributed by atoms with Gasteiger partial charge in [-0.2, -0.15) is 23.1 Å². The molecule has 0 amide bonds. The summed E-state index contributed by atoms with van der Waals surface area (Å²) >= 11 is 0. The van der Waals surface area contributed by atoms with E-state index in [2.05, 4.69) is 24.8 Å². The average molecular weight is 550 g/mol. The third-order valence-corrected chi connectivity index (χ3v) is 7.44. The number of aliphatic hydroxyl groups is 1. The van der Waals surface area contributed by atoms with E-state index in [1.807, 2.05) is 7.05 Å². The molecule has 2 fully saturated rings. The zero-order valence-electron chi connectivity index (χ0n) is 22.0. The van der Waals surface area contributed by atoms with Crippen molar-refractivity contribution in [2.24, 2.45) is 0 Å². The molecule has 0 aliphatic carbocycles. The fraction of sp³-hybridized carbons (Fsp3) is 0.538. The van der Waals surface area contributed by atoms with E-state index < -0.39 is 34.5 Å². The second-order valence-corrected chi connectivity index (χ2v) is 10.7. The van der Waals surface area contributed by atoms with Crippen molar-refractivity contribution >= 4 is 22.5 Å². The van der Waals surface area contributed by atoms with Gasteiger partial charge in [-0.15, -0.1) is 0 Å². The average Bonchev–Trinajstić information content (AvgIpc) is 3.25. The van der Waals surface area contributed by atoms with Crippen LogP contribution in [0.2, 0.25) is 0 Å². The molecule has 2 saturated heterocycles.